The summed E-state index contributed by atoms with van der Waals surface area (Å²) in [4.78, 5) is 16.1. The van der Waals surface area contributed by atoms with Gasteiger partial charge >= 0.3 is 5.97 Å². The fourth-order valence-corrected chi connectivity index (χ4v) is 1.55. The molecule has 0 atom stereocenters. The molecule has 16 heavy (non-hydrogen) atoms. The summed E-state index contributed by atoms with van der Waals surface area (Å²) in [5, 5.41) is 9.10. The van der Waals surface area contributed by atoms with Gasteiger partial charge in [0.05, 0.1) is 5.02 Å². The van der Waals surface area contributed by atoms with Gasteiger partial charge in [-0.05, 0) is 12.1 Å². The Bertz CT molecular complexity index is 538. The minimum absolute atomic E-state index is 0.176. The predicted octanol–water partition coefficient (Wildman–Crippen LogP) is 2.00. The number of halogens is 1. The highest BCUT2D eigenvalue weighted by atomic mass is 35.5. The first-order valence-corrected chi connectivity index (χ1v) is 4.93. The number of hydrogen-bond acceptors (Lipinski definition) is 4. The van der Waals surface area contributed by atoms with Crippen molar-refractivity contribution in [3.05, 3.63) is 23.2 Å². The van der Waals surface area contributed by atoms with Crippen LogP contribution in [0.1, 0.15) is 0 Å². The Balaban J connectivity index is 2.39. The van der Waals surface area contributed by atoms with E-state index in [-0.39, 0.29) is 12.6 Å². The van der Waals surface area contributed by atoms with Gasteiger partial charge in [-0.3, -0.25) is 4.79 Å². The smallest absolute Gasteiger partial charge is 0.323 e. The highest BCUT2D eigenvalue weighted by Gasteiger charge is 2.14. The van der Waals surface area contributed by atoms with Crippen molar-refractivity contribution in [2.75, 3.05) is 18.5 Å². The van der Waals surface area contributed by atoms with Crippen LogP contribution < -0.4 is 4.90 Å². The first-order chi connectivity index (χ1) is 7.58. The van der Waals surface area contributed by atoms with E-state index in [0.29, 0.717) is 16.1 Å². The zero-order valence-corrected chi connectivity index (χ0v) is 9.23. The number of carboxylic acids is 1. The van der Waals surface area contributed by atoms with E-state index >= 15 is 0 Å². The van der Waals surface area contributed by atoms with Gasteiger partial charge in [0.2, 0.25) is 0 Å². The lowest BCUT2D eigenvalue weighted by Crippen LogP contribution is -2.25. The summed E-state index contributed by atoms with van der Waals surface area (Å²) >= 11 is 5.91. The molecule has 84 valence electrons. The molecular formula is C10H9ClN2O3. The lowest BCUT2D eigenvalue weighted by atomic mass is 10.3. The van der Waals surface area contributed by atoms with Crippen molar-refractivity contribution in [1.29, 1.82) is 0 Å². The molecule has 0 aliphatic rings. The Morgan fingerprint density at radius 3 is 3.00 bits per heavy atom. The number of anilines is 1. The third kappa shape index (κ3) is 1.94. The monoisotopic (exact) mass is 240 g/mol. The topological polar surface area (TPSA) is 66.6 Å². The largest absolute Gasteiger partial charge is 0.480 e. The molecule has 1 N–H and O–H groups in total. The van der Waals surface area contributed by atoms with Crippen molar-refractivity contribution in [3.8, 4) is 0 Å². The van der Waals surface area contributed by atoms with Crippen LogP contribution in [0.2, 0.25) is 5.02 Å². The van der Waals surface area contributed by atoms with Crippen LogP contribution >= 0.6 is 11.6 Å². The number of aliphatic carboxylic acids is 1. The van der Waals surface area contributed by atoms with Crippen molar-refractivity contribution in [3.63, 3.8) is 0 Å². The van der Waals surface area contributed by atoms with Gasteiger partial charge in [-0.1, -0.05) is 17.7 Å². The molecule has 5 nitrogen and oxygen atoms in total. The van der Waals surface area contributed by atoms with E-state index in [0.717, 1.165) is 0 Å². The number of aromatic nitrogens is 1. The summed E-state index contributed by atoms with van der Waals surface area (Å²) in [6.45, 7) is -0.176. The van der Waals surface area contributed by atoms with Crippen LogP contribution in [0.5, 0.6) is 0 Å². The Labute approximate surface area is 96.2 Å². The van der Waals surface area contributed by atoms with Crippen molar-refractivity contribution in [2.45, 2.75) is 0 Å². The molecule has 0 saturated heterocycles. The van der Waals surface area contributed by atoms with E-state index in [2.05, 4.69) is 4.98 Å². The maximum absolute atomic E-state index is 10.5. The molecule has 0 fully saturated rings. The Kier molecular flexibility index (Phi) is 2.70. The van der Waals surface area contributed by atoms with Crippen LogP contribution in [0.25, 0.3) is 11.1 Å². The van der Waals surface area contributed by atoms with Crippen LogP contribution in [0, 0.1) is 0 Å². The molecule has 0 unspecified atom stereocenters. The first kappa shape index (κ1) is 10.8. The van der Waals surface area contributed by atoms with Gasteiger partial charge in [0.1, 0.15) is 12.1 Å². The van der Waals surface area contributed by atoms with Gasteiger partial charge in [0.15, 0.2) is 5.58 Å². The number of hydrogen-bond donors (Lipinski definition) is 1. The molecule has 1 aromatic heterocycles. The number of nitrogens with zero attached hydrogens (tertiary/aromatic N) is 2. The molecule has 0 amide bonds. The summed E-state index contributed by atoms with van der Waals surface area (Å²) in [6.07, 6.45) is 0. The number of likely N-dealkylation sites (N-methyl/N-ethyl adjacent to an activating group) is 1. The zero-order chi connectivity index (χ0) is 11.7. The van der Waals surface area contributed by atoms with Gasteiger partial charge in [0, 0.05) is 7.05 Å². The number of benzene rings is 1. The quantitative estimate of drug-likeness (QED) is 0.889. The summed E-state index contributed by atoms with van der Waals surface area (Å²) in [7, 11) is 1.59. The van der Waals surface area contributed by atoms with Gasteiger partial charge in [-0.15, -0.1) is 0 Å². The van der Waals surface area contributed by atoms with E-state index in [4.69, 9.17) is 21.1 Å². The molecule has 0 radical (unpaired) electrons. The Hall–Kier alpha value is -1.75. The minimum atomic E-state index is -0.948. The van der Waals surface area contributed by atoms with E-state index in [9.17, 15) is 4.79 Å². The average Bonchev–Trinajstić information content (AvgIpc) is 2.61. The number of rotatable bonds is 3. The average molecular weight is 241 g/mol. The van der Waals surface area contributed by atoms with Crippen LogP contribution in [-0.4, -0.2) is 29.7 Å². The second-order valence-electron chi connectivity index (χ2n) is 3.33. The molecule has 1 aromatic carbocycles. The fourth-order valence-electron chi connectivity index (χ4n) is 1.34. The van der Waals surface area contributed by atoms with E-state index in [1.807, 2.05) is 0 Å². The minimum Gasteiger partial charge on any atom is -0.480 e. The van der Waals surface area contributed by atoms with Gasteiger partial charge in [-0.2, -0.15) is 4.98 Å². The maximum atomic E-state index is 10.5. The molecular weight excluding hydrogens is 232 g/mol. The SMILES string of the molecule is CN(CC(=O)O)c1nc2cccc(Cl)c2o1. The lowest BCUT2D eigenvalue weighted by Gasteiger charge is -2.09. The van der Waals surface area contributed by atoms with Crippen LogP contribution in [0.3, 0.4) is 0 Å². The van der Waals surface area contributed by atoms with E-state index in [1.54, 1.807) is 25.2 Å². The standard InChI is InChI=1S/C10H9ClN2O3/c1-13(5-8(14)15)10-12-7-4-2-3-6(11)9(7)16-10/h2-4H,5H2,1H3,(H,14,15). The molecule has 0 aliphatic carbocycles. The summed E-state index contributed by atoms with van der Waals surface area (Å²) in [5.41, 5.74) is 1.08. The fraction of sp³-hybridized carbons (Fsp3) is 0.200. The second kappa shape index (κ2) is 4.02. The molecule has 0 aliphatic heterocycles. The van der Waals surface area contributed by atoms with Gasteiger partial charge < -0.3 is 14.4 Å². The van der Waals surface area contributed by atoms with Crippen molar-refractivity contribution in [2.24, 2.45) is 0 Å². The summed E-state index contributed by atoms with van der Waals surface area (Å²) < 4.78 is 5.38. The molecule has 1 heterocycles. The highest BCUT2D eigenvalue weighted by molar-refractivity contribution is 6.34. The summed E-state index contributed by atoms with van der Waals surface area (Å²) in [6, 6.07) is 5.44. The number of carboxylic acid groups (broad SMARTS) is 1. The molecule has 6 heteroatoms. The highest BCUT2D eigenvalue weighted by Crippen LogP contribution is 2.27. The number of oxazole rings is 1. The van der Waals surface area contributed by atoms with E-state index < -0.39 is 5.97 Å². The zero-order valence-electron chi connectivity index (χ0n) is 8.48. The van der Waals surface area contributed by atoms with Crippen LogP contribution in [0.15, 0.2) is 22.6 Å². The number of para-hydroxylation sites is 1. The van der Waals surface area contributed by atoms with E-state index in [1.165, 1.54) is 4.90 Å². The number of fused-ring (bicyclic) bond motifs is 1. The number of carbonyl (C=O) groups is 1. The second-order valence-corrected chi connectivity index (χ2v) is 3.74. The summed E-state index contributed by atoms with van der Waals surface area (Å²) in [5.74, 6) is -0.948. The third-order valence-electron chi connectivity index (χ3n) is 2.05. The maximum Gasteiger partial charge on any atom is 0.323 e. The molecule has 2 rings (SSSR count). The first-order valence-electron chi connectivity index (χ1n) is 4.56. The van der Waals surface area contributed by atoms with Gasteiger partial charge in [0.25, 0.3) is 6.01 Å². The normalized spacial score (nSPS) is 10.6. The Morgan fingerprint density at radius 1 is 1.62 bits per heavy atom. The van der Waals surface area contributed by atoms with Crippen LogP contribution in [0.4, 0.5) is 6.01 Å². The Morgan fingerprint density at radius 2 is 2.38 bits per heavy atom. The molecule has 0 bridgehead atoms. The molecule has 0 saturated carbocycles. The van der Waals surface area contributed by atoms with Crippen molar-refractivity contribution in [1.82, 2.24) is 4.98 Å². The van der Waals surface area contributed by atoms with Gasteiger partial charge in [-0.25, -0.2) is 0 Å². The lowest BCUT2D eigenvalue weighted by molar-refractivity contribution is -0.135. The molecule has 0 spiro atoms. The van der Waals surface area contributed by atoms with Crippen LogP contribution in [-0.2, 0) is 4.79 Å². The molecule has 2 aromatic rings. The van der Waals surface area contributed by atoms with Crippen molar-refractivity contribution >= 4 is 34.7 Å². The predicted molar refractivity (Wildman–Crippen MR) is 59.9 cm³/mol. The van der Waals surface area contributed by atoms with Crippen molar-refractivity contribution < 1.29 is 14.3 Å². The third-order valence-corrected chi connectivity index (χ3v) is 2.35.